The van der Waals surface area contributed by atoms with Crippen LogP contribution in [0.15, 0.2) is 66.7 Å². The molecule has 0 saturated carbocycles. The average Bonchev–Trinajstić information content (AvgIpc) is 3.15. The molecule has 0 bridgehead atoms. The average molecular weight is 567 g/mol. The van der Waals surface area contributed by atoms with Crippen molar-refractivity contribution in [2.24, 2.45) is 0 Å². The van der Waals surface area contributed by atoms with Crippen LogP contribution in [0, 0.1) is 5.82 Å². The van der Waals surface area contributed by atoms with E-state index in [0.717, 1.165) is 4.90 Å². The maximum absolute atomic E-state index is 14.9. The van der Waals surface area contributed by atoms with Crippen LogP contribution in [0.25, 0.3) is 11.1 Å². The first-order chi connectivity index (χ1) is 19.1. The summed E-state index contributed by atoms with van der Waals surface area (Å²) in [6, 6.07) is 17.9. The minimum atomic E-state index is -3.79. The normalized spacial score (nSPS) is 16.6. The van der Waals surface area contributed by atoms with Gasteiger partial charge in [-0.1, -0.05) is 36.4 Å². The first kappa shape index (κ1) is 27.4. The van der Waals surface area contributed by atoms with Crippen LogP contribution in [-0.2, 0) is 26.2 Å². The number of sulfonamides is 1. The molecule has 208 valence electrons. The second kappa shape index (κ2) is 11.2. The summed E-state index contributed by atoms with van der Waals surface area (Å²) in [5.74, 6) is -2.01. The molecule has 12 heteroatoms. The Morgan fingerprint density at radius 2 is 1.65 bits per heavy atom. The fourth-order valence-corrected chi connectivity index (χ4v) is 5.45. The van der Waals surface area contributed by atoms with Gasteiger partial charge in [-0.2, -0.15) is 0 Å². The number of anilines is 1. The maximum Gasteiger partial charge on any atom is 0.261 e. The van der Waals surface area contributed by atoms with Crippen LogP contribution in [0.1, 0.15) is 33.2 Å². The number of imide groups is 1. The van der Waals surface area contributed by atoms with E-state index in [1.54, 1.807) is 65.7 Å². The van der Waals surface area contributed by atoms with E-state index in [-0.39, 0.29) is 36.2 Å². The van der Waals surface area contributed by atoms with Gasteiger partial charge in [0.05, 0.1) is 29.1 Å². The lowest BCUT2D eigenvalue weighted by atomic mass is 10.0. The summed E-state index contributed by atoms with van der Waals surface area (Å²) < 4.78 is 42.4. The number of hydrogen-bond acceptors (Lipinski definition) is 7. The Bertz CT molecular complexity index is 1540. The molecule has 2 aliphatic rings. The van der Waals surface area contributed by atoms with Crippen molar-refractivity contribution >= 4 is 33.4 Å². The summed E-state index contributed by atoms with van der Waals surface area (Å²) >= 11 is 0. The van der Waals surface area contributed by atoms with E-state index < -0.39 is 33.4 Å². The van der Waals surface area contributed by atoms with Crippen molar-refractivity contribution in [1.82, 2.24) is 14.9 Å². The van der Waals surface area contributed by atoms with Gasteiger partial charge in [0.1, 0.15) is 11.9 Å². The Morgan fingerprint density at radius 3 is 2.25 bits per heavy atom. The fourth-order valence-electron chi connectivity index (χ4n) is 4.50. The Balaban J connectivity index is 1.13. The van der Waals surface area contributed by atoms with Gasteiger partial charge in [-0.05, 0) is 35.4 Å². The lowest BCUT2D eigenvalue weighted by Crippen LogP contribution is -2.53. The second-order valence-electron chi connectivity index (χ2n) is 9.53. The molecule has 2 N–H and O–H groups in total. The number of rotatable bonds is 10. The summed E-state index contributed by atoms with van der Waals surface area (Å²) in [5, 5.41) is 4.24. The largest absolute Gasteiger partial charge is 0.354 e. The van der Waals surface area contributed by atoms with E-state index in [2.05, 4.69) is 10.0 Å². The highest BCUT2D eigenvalue weighted by Gasteiger charge is 2.35. The van der Waals surface area contributed by atoms with Crippen LogP contribution in [0.4, 0.5) is 10.1 Å². The van der Waals surface area contributed by atoms with E-state index in [1.165, 1.54) is 13.0 Å². The van der Waals surface area contributed by atoms with Crippen molar-refractivity contribution in [1.29, 1.82) is 0 Å². The van der Waals surface area contributed by atoms with E-state index in [0.29, 0.717) is 35.5 Å². The van der Waals surface area contributed by atoms with Crippen LogP contribution < -0.4 is 15.1 Å². The molecule has 10 nitrogen and oxygen atoms in total. The fraction of sp³-hybridized carbons (Fsp3) is 0.250. The molecule has 3 amide bonds. The van der Waals surface area contributed by atoms with Crippen molar-refractivity contribution in [3.05, 3.63) is 89.2 Å². The van der Waals surface area contributed by atoms with Crippen LogP contribution in [0.3, 0.4) is 0 Å². The van der Waals surface area contributed by atoms with Crippen molar-refractivity contribution in [3.8, 4) is 11.1 Å². The van der Waals surface area contributed by atoms with Crippen molar-refractivity contribution in [2.75, 3.05) is 30.5 Å². The van der Waals surface area contributed by atoms with Gasteiger partial charge in [0.2, 0.25) is 15.9 Å². The maximum atomic E-state index is 14.9. The Kier molecular flexibility index (Phi) is 7.66. The number of benzene rings is 3. The highest BCUT2D eigenvalue weighted by molar-refractivity contribution is 7.89. The third-order valence-electron chi connectivity index (χ3n) is 6.69. The molecule has 2 aliphatic heterocycles. The van der Waals surface area contributed by atoms with E-state index >= 15 is 0 Å². The summed E-state index contributed by atoms with van der Waals surface area (Å²) in [6.07, 6.45) is -0.154. The molecule has 40 heavy (non-hydrogen) atoms. The van der Waals surface area contributed by atoms with Gasteiger partial charge in [0.15, 0.2) is 0 Å². The molecule has 0 aliphatic carbocycles. The molecular weight excluding hydrogens is 539 g/mol. The SMILES string of the molecule is CC(=O)NC[C@H]1CN(c2ccc(-c3ccc(CNS(=O)(=O)CCN4C(=O)c5ccccc5C4=O)cc3)c(F)c2)O1. The quantitative estimate of drug-likeness (QED) is 0.361. The number of nitrogens with zero attached hydrogens (tertiary/aromatic N) is 2. The zero-order valence-corrected chi connectivity index (χ0v) is 22.4. The molecule has 0 radical (unpaired) electrons. The van der Waals surface area contributed by atoms with Gasteiger partial charge in [-0.3, -0.25) is 29.2 Å². The molecule has 1 atom stereocenters. The Morgan fingerprint density at radius 1 is 1.00 bits per heavy atom. The van der Waals surface area contributed by atoms with Gasteiger partial charge in [0, 0.05) is 38.2 Å². The van der Waals surface area contributed by atoms with Gasteiger partial charge < -0.3 is 5.32 Å². The van der Waals surface area contributed by atoms with Gasteiger partial charge in [0.25, 0.3) is 11.8 Å². The molecule has 1 saturated heterocycles. The van der Waals surface area contributed by atoms with Crippen LogP contribution in [0.5, 0.6) is 0 Å². The standard InChI is InChI=1S/C28H27FN4O6S/c1-18(34)30-16-22-17-33(39-22)21-10-11-23(26(29)14-21)20-8-6-19(7-9-20)15-31-40(37,38)13-12-32-27(35)24-4-2-3-5-25(24)28(32)36/h2-11,14,22,31H,12-13,15-17H2,1H3,(H,30,34)/t22-/m0/s1. The zero-order valence-electron chi connectivity index (χ0n) is 21.6. The highest BCUT2D eigenvalue weighted by atomic mass is 32.2. The molecule has 2 heterocycles. The van der Waals surface area contributed by atoms with Gasteiger partial charge in [-0.15, -0.1) is 0 Å². The minimum absolute atomic E-state index is 0.00188. The molecule has 3 aromatic rings. The van der Waals surface area contributed by atoms with Gasteiger partial charge in [-0.25, -0.2) is 17.5 Å². The van der Waals surface area contributed by atoms with Gasteiger partial charge >= 0.3 is 0 Å². The molecule has 3 aromatic carbocycles. The van der Waals surface area contributed by atoms with E-state index in [4.69, 9.17) is 4.84 Å². The summed E-state index contributed by atoms with van der Waals surface area (Å²) in [5.41, 5.74) is 2.76. The number of halogens is 1. The molecular formula is C28H27FN4O6S. The lowest BCUT2D eigenvalue weighted by Gasteiger charge is -2.39. The minimum Gasteiger partial charge on any atom is -0.354 e. The molecule has 5 rings (SSSR count). The van der Waals surface area contributed by atoms with Crippen molar-refractivity contribution < 1.29 is 32.0 Å². The second-order valence-corrected chi connectivity index (χ2v) is 11.5. The zero-order chi connectivity index (χ0) is 28.4. The molecule has 0 unspecified atom stereocenters. The Labute approximate surface area is 230 Å². The molecule has 1 fully saturated rings. The van der Waals surface area contributed by atoms with Crippen LogP contribution in [0.2, 0.25) is 0 Å². The summed E-state index contributed by atoms with van der Waals surface area (Å²) in [4.78, 5) is 42.4. The monoisotopic (exact) mass is 566 g/mol. The lowest BCUT2D eigenvalue weighted by molar-refractivity contribution is -0.121. The van der Waals surface area contributed by atoms with Crippen LogP contribution >= 0.6 is 0 Å². The van der Waals surface area contributed by atoms with Crippen molar-refractivity contribution in [3.63, 3.8) is 0 Å². The summed E-state index contributed by atoms with van der Waals surface area (Å²) in [6.45, 7) is 2.09. The highest BCUT2D eigenvalue weighted by Crippen LogP contribution is 2.30. The number of amides is 3. The smallest absolute Gasteiger partial charge is 0.261 e. The van der Waals surface area contributed by atoms with E-state index in [1.807, 2.05) is 0 Å². The number of carbonyl (C=O) groups is 3. The van der Waals surface area contributed by atoms with Crippen LogP contribution in [-0.4, -0.2) is 62.5 Å². The molecule has 0 spiro atoms. The number of hydroxylamine groups is 1. The third-order valence-corrected chi connectivity index (χ3v) is 7.99. The third kappa shape index (κ3) is 5.88. The summed E-state index contributed by atoms with van der Waals surface area (Å²) in [7, 11) is -3.79. The van der Waals surface area contributed by atoms with Crippen molar-refractivity contribution in [2.45, 2.75) is 19.6 Å². The number of hydrogen-bond donors (Lipinski definition) is 2. The number of fused-ring (bicyclic) bond motifs is 1. The topological polar surface area (TPSA) is 125 Å². The number of carbonyl (C=O) groups excluding carboxylic acids is 3. The Hall–Kier alpha value is -4.13. The first-order valence-electron chi connectivity index (χ1n) is 12.6. The predicted octanol–water partition coefficient (Wildman–Crippen LogP) is 2.46. The van der Waals surface area contributed by atoms with E-state index in [9.17, 15) is 27.2 Å². The molecule has 0 aromatic heterocycles. The first-order valence-corrected chi connectivity index (χ1v) is 14.3. The predicted molar refractivity (Wildman–Crippen MR) is 145 cm³/mol. The number of nitrogens with one attached hydrogen (secondary N) is 2.